The van der Waals surface area contributed by atoms with Gasteiger partial charge in [0.05, 0.1) is 0 Å². The molecule has 2 nitrogen and oxygen atoms in total. The van der Waals surface area contributed by atoms with E-state index in [1.807, 2.05) is 19.9 Å². The Hall–Kier alpha value is -0.930. The Morgan fingerprint density at radius 2 is 1.94 bits per heavy atom. The van der Waals surface area contributed by atoms with Gasteiger partial charge in [0.25, 0.3) is 0 Å². The molecule has 2 rings (SSSR count). The van der Waals surface area contributed by atoms with Crippen molar-refractivity contribution in [1.29, 1.82) is 0 Å². The number of halogens is 1. The minimum Gasteiger partial charge on any atom is -0.314 e. The van der Waals surface area contributed by atoms with Crippen molar-refractivity contribution in [3.05, 3.63) is 34.6 Å². The Morgan fingerprint density at radius 1 is 1.22 bits per heavy atom. The molecule has 0 aliphatic carbocycles. The lowest BCUT2D eigenvalue weighted by atomic mass is 10.00. The Bertz CT molecular complexity index is 398. The van der Waals surface area contributed by atoms with E-state index >= 15 is 0 Å². The molecule has 1 heterocycles. The van der Waals surface area contributed by atoms with Crippen molar-refractivity contribution in [2.45, 2.75) is 26.7 Å². The maximum Gasteiger partial charge on any atom is 0.126 e. The molecular formula is C15H23FN2. The van der Waals surface area contributed by atoms with Crippen LogP contribution in [-0.2, 0) is 12.8 Å². The predicted molar refractivity (Wildman–Crippen MR) is 73.5 cm³/mol. The van der Waals surface area contributed by atoms with E-state index in [4.69, 9.17) is 0 Å². The van der Waals surface area contributed by atoms with E-state index in [0.29, 0.717) is 0 Å². The molecule has 0 atom stereocenters. The maximum absolute atomic E-state index is 13.6. The third-order valence-corrected chi connectivity index (χ3v) is 3.79. The van der Waals surface area contributed by atoms with Gasteiger partial charge in [-0.05, 0) is 42.5 Å². The van der Waals surface area contributed by atoms with E-state index in [2.05, 4.69) is 10.2 Å². The molecule has 0 saturated carbocycles. The molecule has 1 aromatic rings. The van der Waals surface area contributed by atoms with Gasteiger partial charge >= 0.3 is 0 Å². The predicted octanol–water partition coefficient (Wildman–Crippen LogP) is 2.14. The molecule has 0 amide bonds. The van der Waals surface area contributed by atoms with E-state index < -0.39 is 0 Å². The lowest BCUT2D eigenvalue weighted by molar-refractivity contribution is 0.244. The molecule has 1 N–H and O–H groups in total. The minimum absolute atomic E-state index is 0.0547. The lowest BCUT2D eigenvalue weighted by Crippen LogP contribution is -2.44. The fourth-order valence-corrected chi connectivity index (χ4v) is 2.52. The van der Waals surface area contributed by atoms with Crippen LogP contribution in [0.25, 0.3) is 0 Å². The smallest absolute Gasteiger partial charge is 0.126 e. The highest BCUT2D eigenvalue weighted by Gasteiger charge is 2.11. The van der Waals surface area contributed by atoms with Crippen LogP contribution in [0, 0.1) is 12.7 Å². The van der Waals surface area contributed by atoms with Crippen LogP contribution in [0.4, 0.5) is 4.39 Å². The second-order valence-corrected chi connectivity index (χ2v) is 5.07. The van der Waals surface area contributed by atoms with Crippen LogP contribution >= 0.6 is 0 Å². The van der Waals surface area contributed by atoms with Crippen molar-refractivity contribution in [2.75, 3.05) is 32.7 Å². The first-order valence-corrected chi connectivity index (χ1v) is 6.91. The summed E-state index contributed by atoms with van der Waals surface area (Å²) in [6.07, 6.45) is 1.80. The zero-order chi connectivity index (χ0) is 13.0. The fourth-order valence-electron chi connectivity index (χ4n) is 2.52. The van der Waals surface area contributed by atoms with Crippen LogP contribution in [0.5, 0.6) is 0 Å². The minimum atomic E-state index is -0.0547. The Balaban J connectivity index is 1.99. The molecule has 3 heteroatoms. The van der Waals surface area contributed by atoms with E-state index in [1.54, 1.807) is 6.07 Å². The highest BCUT2D eigenvalue weighted by Crippen LogP contribution is 2.17. The highest BCUT2D eigenvalue weighted by molar-refractivity contribution is 5.32. The first-order chi connectivity index (χ1) is 8.70. The average molecular weight is 250 g/mol. The van der Waals surface area contributed by atoms with Crippen molar-refractivity contribution in [3.63, 3.8) is 0 Å². The van der Waals surface area contributed by atoms with Gasteiger partial charge < -0.3 is 10.2 Å². The summed E-state index contributed by atoms with van der Waals surface area (Å²) in [6, 6.07) is 3.73. The first-order valence-electron chi connectivity index (χ1n) is 6.91. The number of aryl methyl sites for hydroxylation is 2. The summed E-state index contributed by atoms with van der Waals surface area (Å²) in [4.78, 5) is 2.48. The number of rotatable bonds is 4. The second-order valence-electron chi connectivity index (χ2n) is 5.07. The fraction of sp³-hybridized carbons (Fsp3) is 0.600. The summed E-state index contributed by atoms with van der Waals surface area (Å²) >= 11 is 0. The third kappa shape index (κ3) is 3.30. The van der Waals surface area contributed by atoms with Gasteiger partial charge in [-0.2, -0.15) is 0 Å². The summed E-state index contributed by atoms with van der Waals surface area (Å²) in [5.41, 5.74) is 3.22. The molecule has 1 aliphatic heterocycles. The van der Waals surface area contributed by atoms with Crippen molar-refractivity contribution in [2.24, 2.45) is 0 Å². The van der Waals surface area contributed by atoms with Crippen LogP contribution in [0.2, 0.25) is 0 Å². The summed E-state index contributed by atoms with van der Waals surface area (Å²) in [5, 5.41) is 3.36. The van der Waals surface area contributed by atoms with Crippen LogP contribution in [0.15, 0.2) is 12.1 Å². The molecule has 0 unspecified atom stereocenters. The SMILES string of the molecule is CCc1cc(CCN2CCNCC2)c(C)cc1F. The van der Waals surface area contributed by atoms with Crippen molar-refractivity contribution >= 4 is 0 Å². The molecule has 1 fully saturated rings. The molecule has 1 aromatic carbocycles. The summed E-state index contributed by atoms with van der Waals surface area (Å²) in [5.74, 6) is -0.0547. The molecule has 0 aromatic heterocycles. The molecule has 0 spiro atoms. The highest BCUT2D eigenvalue weighted by atomic mass is 19.1. The topological polar surface area (TPSA) is 15.3 Å². The average Bonchev–Trinajstić information content (AvgIpc) is 2.39. The molecule has 1 aliphatic rings. The number of nitrogens with one attached hydrogen (secondary N) is 1. The van der Waals surface area contributed by atoms with Crippen LogP contribution in [-0.4, -0.2) is 37.6 Å². The van der Waals surface area contributed by atoms with Gasteiger partial charge in [0.1, 0.15) is 5.82 Å². The Morgan fingerprint density at radius 3 is 2.61 bits per heavy atom. The number of hydrogen-bond donors (Lipinski definition) is 1. The van der Waals surface area contributed by atoms with E-state index in [0.717, 1.165) is 56.7 Å². The van der Waals surface area contributed by atoms with Crippen molar-refractivity contribution in [1.82, 2.24) is 10.2 Å². The Kier molecular flexibility index (Phi) is 4.72. The van der Waals surface area contributed by atoms with Crippen LogP contribution < -0.4 is 5.32 Å². The number of piperazine rings is 1. The quantitative estimate of drug-likeness (QED) is 0.881. The lowest BCUT2D eigenvalue weighted by Gasteiger charge is -2.27. The van der Waals surface area contributed by atoms with Crippen LogP contribution in [0.1, 0.15) is 23.6 Å². The summed E-state index contributed by atoms with van der Waals surface area (Å²) in [6.45, 7) is 9.52. The normalized spacial score (nSPS) is 17.1. The largest absolute Gasteiger partial charge is 0.314 e. The van der Waals surface area contributed by atoms with Gasteiger partial charge in [0.15, 0.2) is 0 Å². The molecule has 1 saturated heterocycles. The van der Waals surface area contributed by atoms with Gasteiger partial charge in [-0.3, -0.25) is 0 Å². The number of benzene rings is 1. The Labute approximate surface area is 109 Å². The molecule has 100 valence electrons. The van der Waals surface area contributed by atoms with E-state index in [1.165, 1.54) is 5.56 Å². The standard InChI is InChI=1S/C15H23FN2/c1-3-13-11-14(12(2)10-15(13)16)4-7-18-8-5-17-6-9-18/h10-11,17H,3-9H2,1-2H3. The van der Waals surface area contributed by atoms with Crippen molar-refractivity contribution < 1.29 is 4.39 Å². The van der Waals surface area contributed by atoms with Crippen LogP contribution in [0.3, 0.4) is 0 Å². The van der Waals surface area contributed by atoms with Crippen molar-refractivity contribution in [3.8, 4) is 0 Å². The van der Waals surface area contributed by atoms with Gasteiger partial charge in [0, 0.05) is 32.7 Å². The monoisotopic (exact) mass is 250 g/mol. The molecular weight excluding hydrogens is 227 g/mol. The number of nitrogens with zero attached hydrogens (tertiary/aromatic N) is 1. The van der Waals surface area contributed by atoms with Gasteiger partial charge in [-0.15, -0.1) is 0 Å². The zero-order valence-electron chi connectivity index (χ0n) is 11.4. The second kappa shape index (κ2) is 6.30. The number of hydrogen-bond acceptors (Lipinski definition) is 2. The summed E-state index contributed by atoms with van der Waals surface area (Å²) in [7, 11) is 0. The summed E-state index contributed by atoms with van der Waals surface area (Å²) < 4.78 is 13.6. The van der Waals surface area contributed by atoms with Gasteiger partial charge in [0.2, 0.25) is 0 Å². The third-order valence-electron chi connectivity index (χ3n) is 3.79. The van der Waals surface area contributed by atoms with E-state index in [-0.39, 0.29) is 5.82 Å². The van der Waals surface area contributed by atoms with E-state index in [9.17, 15) is 4.39 Å². The molecule has 0 radical (unpaired) electrons. The van der Waals surface area contributed by atoms with Gasteiger partial charge in [-0.25, -0.2) is 4.39 Å². The zero-order valence-corrected chi connectivity index (χ0v) is 11.4. The molecule has 0 bridgehead atoms. The van der Waals surface area contributed by atoms with Gasteiger partial charge in [-0.1, -0.05) is 13.0 Å². The first kappa shape index (κ1) is 13.5. The maximum atomic E-state index is 13.6. The molecule has 18 heavy (non-hydrogen) atoms.